The maximum absolute atomic E-state index is 13.2. The molecule has 1 amide bonds. The molecule has 1 atom stereocenters. The number of carbonyl (C=O) groups excluding carboxylic acids is 1. The molecule has 2 aliphatic rings. The molecule has 2 aromatic carbocycles. The van der Waals surface area contributed by atoms with Crippen LogP contribution >= 0.6 is 0 Å². The molecule has 2 heterocycles. The van der Waals surface area contributed by atoms with Crippen LogP contribution in [0.1, 0.15) is 44.6 Å². The fraction of sp³-hybridized carbons (Fsp3) is 0.480. The molecule has 0 saturated carbocycles. The summed E-state index contributed by atoms with van der Waals surface area (Å²) in [4.78, 5) is 16.6. The highest BCUT2D eigenvalue weighted by atomic mass is 19.1. The number of hydrogen-bond donors (Lipinski definition) is 1. The van der Waals surface area contributed by atoms with Crippen molar-refractivity contribution in [2.24, 2.45) is 0 Å². The third kappa shape index (κ3) is 5.56. The van der Waals surface area contributed by atoms with Gasteiger partial charge in [0.1, 0.15) is 11.6 Å². The molecule has 4 rings (SSSR count). The second-order valence-electron chi connectivity index (χ2n) is 8.53. The maximum atomic E-state index is 13.2. The molecule has 31 heavy (non-hydrogen) atoms. The number of ether oxygens (including phenoxy) is 1. The summed E-state index contributed by atoms with van der Waals surface area (Å²) in [5.41, 5.74) is 2.76. The number of benzene rings is 2. The van der Waals surface area contributed by atoms with E-state index in [0.717, 1.165) is 48.6 Å². The van der Waals surface area contributed by atoms with E-state index in [2.05, 4.69) is 17.1 Å². The molecule has 1 N–H and O–H groups in total. The second kappa shape index (κ2) is 10.1. The van der Waals surface area contributed by atoms with Crippen molar-refractivity contribution in [1.82, 2.24) is 4.90 Å². The van der Waals surface area contributed by atoms with Crippen molar-refractivity contribution in [3.63, 3.8) is 0 Å². The minimum atomic E-state index is -0.253. The van der Waals surface area contributed by atoms with Gasteiger partial charge >= 0.3 is 0 Å². The topological polar surface area (TPSA) is 44.8 Å². The van der Waals surface area contributed by atoms with Crippen LogP contribution in [-0.2, 0) is 11.3 Å². The van der Waals surface area contributed by atoms with Gasteiger partial charge in [-0.3, -0.25) is 4.79 Å². The lowest BCUT2D eigenvalue weighted by atomic mass is 10.1. The predicted octanol–water partition coefficient (Wildman–Crippen LogP) is 4.82. The fourth-order valence-corrected chi connectivity index (χ4v) is 4.47. The number of anilines is 2. The van der Waals surface area contributed by atoms with Gasteiger partial charge in [-0.05, 0) is 81.6 Å². The van der Waals surface area contributed by atoms with E-state index in [1.165, 1.54) is 31.5 Å². The number of hydrogen-bond acceptors (Lipinski definition) is 4. The Morgan fingerprint density at radius 3 is 2.68 bits per heavy atom. The number of amides is 1. The lowest BCUT2D eigenvalue weighted by Gasteiger charge is -2.22. The molecule has 1 unspecified atom stereocenters. The number of nitrogens with zero attached hydrogens (tertiary/aromatic N) is 2. The highest BCUT2D eigenvalue weighted by molar-refractivity contribution is 5.95. The average Bonchev–Trinajstić information content (AvgIpc) is 3.39. The van der Waals surface area contributed by atoms with Crippen LogP contribution in [0.15, 0.2) is 42.5 Å². The molecule has 2 aliphatic heterocycles. The van der Waals surface area contributed by atoms with Gasteiger partial charge in [0.2, 0.25) is 5.91 Å². The third-order valence-corrected chi connectivity index (χ3v) is 6.29. The van der Waals surface area contributed by atoms with Crippen molar-refractivity contribution in [3.8, 4) is 5.75 Å². The van der Waals surface area contributed by atoms with Crippen LogP contribution in [0.25, 0.3) is 0 Å². The van der Waals surface area contributed by atoms with Crippen LogP contribution in [0.4, 0.5) is 15.8 Å². The van der Waals surface area contributed by atoms with Gasteiger partial charge in [-0.25, -0.2) is 4.39 Å². The molecule has 0 radical (unpaired) electrons. The first kappa shape index (κ1) is 21.6. The minimum Gasteiger partial charge on any atom is -0.493 e. The number of nitrogens with one attached hydrogen (secondary N) is 1. The van der Waals surface area contributed by atoms with E-state index in [-0.39, 0.29) is 11.7 Å². The standard InChI is InChI=1S/C25H32FN3O2/c1-19-5-2-13-28(19)14-4-16-31-24-12-11-23(29-15-3-6-25(29)30)17-20(24)18-27-22-9-7-21(26)8-10-22/h7-12,17,19,27H,2-6,13-16,18H2,1H3. The van der Waals surface area contributed by atoms with Crippen molar-refractivity contribution < 1.29 is 13.9 Å². The Bertz CT molecular complexity index is 887. The molecule has 0 aliphatic carbocycles. The first-order chi connectivity index (χ1) is 15.1. The second-order valence-corrected chi connectivity index (χ2v) is 8.53. The van der Waals surface area contributed by atoms with E-state index < -0.39 is 0 Å². The zero-order valence-corrected chi connectivity index (χ0v) is 18.3. The van der Waals surface area contributed by atoms with Gasteiger partial charge in [-0.1, -0.05) is 0 Å². The number of rotatable bonds is 9. The molecule has 166 valence electrons. The summed E-state index contributed by atoms with van der Waals surface area (Å²) in [5, 5.41) is 3.34. The van der Waals surface area contributed by atoms with E-state index in [0.29, 0.717) is 25.6 Å². The van der Waals surface area contributed by atoms with Crippen molar-refractivity contribution in [3.05, 3.63) is 53.8 Å². The Balaban J connectivity index is 1.42. The van der Waals surface area contributed by atoms with Crippen molar-refractivity contribution >= 4 is 17.3 Å². The molecule has 2 fully saturated rings. The Kier molecular flexibility index (Phi) is 7.07. The van der Waals surface area contributed by atoms with E-state index in [1.54, 1.807) is 12.1 Å². The summed E-state index contributed by atoms with van der Waals surface area (Å²) in [6.07, 6.45) is 5.07. The third-order valence-electron chi connectivity index (χ3n) is 6.29. The Morgan fingerprint density at radius 2 is 1.97 bits per heavy atom. The normalized spacial score (nSPS) is 19.2. The summed E-state index contributed by atoms with van der Waals surface area (Å²) in [7, 11) is 0. The molecule has 0 bridgehead atoms. The van der Waals surface area contributed by atoms with Gasteiger partial charge < -0.3 is 19.9 Å². The van der Waals surface area contributed by atoms with E-state index in [4.69, 9.17) is 4.74 Å². The van der Waals surface area contributed by atoms with Gasteiger partial charge in [0, 0.05) is 49.0 Å². The minimum absolute atomic E-state index is 0.172. The molecule has 0 spiro atoms. The monoisotopic (exact) mass is 425 g/mol. The molecular formula is C25H32FN3O2. The average molecular weight is 426 g/mol. The maximum Gasteiger partial charge on any atom is 0.227 e. The van der Waals surface area contributed by atoms with E-state index in [9.17, 15) is 9.18 Å². The quantitative estimate of drug-likeness (QED) is 0.585. The molecule has 2 aromatic rings. The lowest BCUT2D eigenvalue weighted by Crippen LogP contribution is -2.28. The van der Waals surface area contributed by atoms with Crippen molar-refractivity contribution in [1.29, 1.82) is 0 Å². The number of likely N-dealkylation sites (tertiary alicyclic amines) is 1. The van der Waals surface area contributed by atoms with Crippen LogP contribution < -0.4 is 15.0 Å². The van der Waals surface area contributed by atoms with Crippen molar-refractivity contribution in [2.45, 2.75) is 51.6 Å². The number of halogens is 1. The smallest absolute Gasteiger partial charge is 0.227 e. The first-order valence-electron chi connectivity index (χ1n) is 11.4. The van der Waals surface area contributed by atoms with Crippen LogP contribution in [0.3, 0.4) is 0 Å². The molecule has 0 aromatic heterocycles. The molecule has 6 heteroatoms. The lowest BCUT2D eigenvalue weighted by molar-refractivity contribution is -0.117. The number of carbonyl (C=O) groups is 1. The highest BCUT2D eigenvalue weighted by Crippen LogP contribution is 2.29. The summed E-state index contributed by atoms with van der Waals surface area (Å²) >= 11 is 0. The van der Waals surface area contributed by atoms with Gasteiger partial charge in [0.25, 0.3) is 0 Å². The summed E-state index contributed by atoms with van der Waals surface area (Å²) < 4.78 is 19.4. The summed E-state index contributed by atoms with van der Waals surface area (Å²) in [6.45, 7) is 6.51. The Labute approximate surface area is 184 Å². The SMILES string of the molecule is CC1CCCN1CCCOc1ccc(N2CCCC2=O)cc1CNc1ccc(F)cc1. The van der Waals surface area contributed by atoms with Gasteiger partial charge in [-0.2, -0.15) is 0 Å². The van der Waals surface area contributed by atoms with Crippen LogP contribution in [0.5, 0.6) is 5.75 Å². The van der Waals surface area contributed by atoms with Gasteiger partial charge in [-0.15, -0.1) is 0 Å². The Morgan fingerprint density at radius 1 is 1.13 bits per heavy atom. The van der Waals surface area contributed by atoms with Crippen LogP contribution in [0, 0.1) is 5.82 Å². The molecule has 5 nitrogen and oxygen atoms in total. The largest absolute Gasteiger partial charge is 0.493 e. The molecular weight excluding hydrogens is 393 g/mol. The summed E-state index contributed by atoms with van der Waals surface area (Å²) in [6, 6.07) is 13.0. The highest BCUT2D eigenvalue weighted by Gasteiger charge is 2.23. The zero-order valence-electron chi connectivity index (χ0n) is 18.3. The van der Waals surface area contributed by atoms with Gasteiger partial charge in [0.15, 0.2) is 0 Å². The van der Waals surface area contributed by atoms with Crippen molar-refractivity contribution in [2.75, 3.05) is 36.5 Å². The first-order valence-corrected chi connectivity index (χ1v) is 11.4. The van der Waals surface area contributed by atoms with Crippen LogP contribution in [-0.4, -0.2) is 43.1 Å². The fourth-order valence-electron chi connectivity index (χ4n) is 4.47. The summed E-state index contributed by atoms with van der Waals surface area (Å²) in [5.74, 6) is 0.752. The zero-order chi connectivity index (χ0) is 21.6. The predicted molar refractivity (Wildman–Crippen MR) is 122 cm³/mol. The van der Waals surface area contributed by atoms with E-state index in [1.807, 2.05) is 23.1 Å². The van der Waals surface area contributed by atoms with Gasteiger partial charge in [0.05, 0.1) is 6.61 Å². The molecule has 2 saturated heterocycles. The van der Waals surface area contributed by atoms with E-state index >= 15 is 0 Å². The van der Waals surface area contributed by atoms with Crippen LogP contribution in [0.2, 0.25) is 0 Å². The Hall–Kier alpha value is -2.60.